The average molecular weight is 1200 g/mol. The van der Waals surface area contributed by atoms with Crippen LogP contribution in [0.4, 0.5) is 57.1 Å². The molecular formula is C46H81F13O20. The van der Waals surface area contributed by atoms with Crippen molar-refractivity contribution in [3.8, 4) is 0 Å². The lowest BCUT2D eigenvalue weighted by molar-refractivity contribution is -0.440. The fourth-order valence-corrected chi connectivity index (χ4v) is 5.28. The first-order chi connectivity index (χ1) is 37.8. The summed E-state index contributed by atoms with van der Waals surface area (Å²) in [5.41, 5.74) is 0. The van der Waals surface area contributed by atoms with Gasteiger partial charge in [-0.2, -0.15) is 57.1 Å². The van der Waals surface area contributed by atoms with Crippen LogP contribution < -0.4 is 0 Å². The second kappa shape index (κ2) is 49.7. The Hall–Kier alpha value is -1.71. The van der Waals surface area contributed by atoms with E-state index in [2.05, 4.69) is 4.74 Å². The maximum atomic E-state index is 13.7. The van der Waals surface area contributed by atoms with Crippen LogP contribution >= 0.6 is 0 Å². The van der Waals surface area contributed by atoms with Gasteiger partial charge >= 0.3 is 35.8 Å². The molecule has 79 heavy (non-hydrogen) atoms. The Morgan fingerprint density at radius 1 is 0.177 bits per heavy atom. The molecule has 0 aliphatic carbocycles. The normalized spacial score (nSPS) is 13.1. The molecule has 0 aromatic heterocycles. The standard InChI is InChI=1S/C46H81F13O20/c47-41(48,42(49,50)43(51,52)44(53,54)45(55,56)46(57,58)59)1-3-61-5-7-63-9-11-65-13-15-67-17-19-69-21-23-71-25-27-73-29-31-75-33-35-77-37-39-79-40-38-78-36-34-76-32-30-74-28-26-72-24-22-70-20-18-68-16-14-66-12-10-64-8-6-62-4-2-60/h60H,1-40H2. The molecule has 0 aliphatic rings. The second-order valence-electron chi connectivity index (χ2n) is 15.6. The fraction of sp³-hybridized carbons (Fsp3) is 1.00. The molecule has 0 aromatic rings. The van der Waals surface area contributed by atoms with Gasteiger partial charge in [0, 0.05) is 6.42 Å². The van der Waals surface area contributed by atoms with E-state index in [-0.39, 0.29) is 52.9 Å². The smallest absolute Gasteiger partial charge is 0.394 e. The first-order valence-electron chi connectivity index (χ1n) is 25.3. The molecule has 0 heterocycles. The second-order valence-corrected chi connectivity index (χ2v) is 15.6. The summed E-state index contributed by atoms with van der Waals surface area (Å²) in [6.07, 6.45) is -9.90. The maximum Gasteiger partial charge on any atom is 0.460 e. The number of aliphatic hydroxyl groups is 1. The lowest BCUT2D eigenvalue weighted by atomic mass is 9.93. The van der Waals surface area contributed by atoms with E-state index in [4.69, 9.17) is 90.4 Å². The third-order valence-corrected chi connectivity index (χ3v) is 9.49. The van der Waals surface area contributed by atoms with Gasteiger partial charge in [0.25, 0.3) is 0 Å². The highest BCUT2D eigenvalue weighted by Gasteiger charge is 2.90. The van der Waals surface area contributed by atoms with Gasteiger partial charge in [0.15, 0.2) is 0 Å². The van der Waals surface area contributed by atoms with Gasteiger partial charge in [-0.25, -0.2) is 0 Å². The van der Waals surface area contributed by atoms with E-state index in [0.717, 1.165) is 0 Å². The van der Waals surface area contributed by atoms with E-state index in [0.29, 0.717) is 192 Å². The molecular weight excluding hydrogens is 1120 g/mol. The van der Waals surface area contributed by atoms with Crippen LogP contribution in [0.5, 0.6) is 0 Å². The van der Waals surface area contributed by atoms with Crippen LogP contribution in [0.3, 0.4) is 0 Å². The summed E-state index contributed by atoms with van der Waals surface area (Å²) in [7, 11) is 0. The van der Waals surface area contributed by atoms with Gasteiger partial charge in [-0.15, -0.1) is 0 Å². The molecule has 20 nitrogen and oxygen atoms in total. The molecule has 0 aromatic carbocycles. The molecule has 1 N–H and O–H groups in total. The van der Waals surface area contributed by atoms with E-state index in [9.17, 15) is 57.1 Å². The highest BCUT2D eigenvalue weighted by Crippen LogP contribution is 2.60. The first-order valence-corrected chi connectivity index (χ1v) is 25.3. The molecule has 0 unspecified atom stereocenters. The molecule has 0 spiro atoms. The van der Waals surface area contributed by atoms with Crippen molar-refractivity contribution in [3.05, 3.63) is 0 Å². The average Bonchev–Trinajstić information content (AvgIpc) is 3.40. The molecule has 33 heteroatoms. The minimum Gasteiger partial charge on any atom is -0.394 e. The minimum absolute atomic E-state index is 0.000359. The van der Waals surface area contributed by atoms with E-state index < -0.39 is 55.4 Å². The largest absolute Gasteiger partial charge is 0.460 e. The van der Waals surface area contributed by atoms with Crippen molar-refractivity contribution in [1.82, 2.24) is 0 Å². The number of halogens is 13. The highest BCUT2D eigenvalue weighted by atomic mass is 19.4. The zero-order valence-corrected chi connectivity index (χ0v) is 44.4. The number of hydrogen-bond donors (Lipinski definition) is 1. The third kappa shape index (κ3) is 38.7. The molecule has 0 fully saturated rings. The zero-order chi connectivity index (χ0) is 58.7. The quantitative estimate of drug-likeness (QED) is 0.0663. The summed E-state index contributed by atoms with van der Waals surface area (Å²) in [5.74, 6) is -37.0. The lowest BCUT2D eigenvalue weighted by Gasteiger charge is -2.39. The van der Waals surface area contributed by atoms with Crippen molar-refractivity contribution in [3.63, 3.8) is 0 Å². The van der Waals surface area contributed by atoms with Gasteiger partial charge < -0.3 is 95.1 Å². The number of alkyl halides is 13. The predicted molar refractivity (Wildman–Crippen MR) is 248 cm³/mol. The Morgan fingerprint density at radius 3 is 0.468 bits per heavy atom. The van der Waals surface area contributed by atoms with Gasteiger partial charge in [-0.1, -0.05) is 0 Å². The van der Waals surface area contributed by atoms with Crippen LogP contribution in [0.1, 0.15) is 6.42 Å². The molecule has 0 rings (SSSR count). The number of ether oxygens (including phenoxy) is 19. The van der Waals surface area contributed by atoms with E-state index >= 15 is 0 Å². The fourth-order valence-electron chi connectivity index (χ4n) is 5.28. The highest BCUT2D eigenvalue weighted by molar-refractivity contribution is 5.10. The van der Waals surface area contributed by atoms with Crippen LogP contribution in [0.15, 0.2) is 0 Å². The molecule has 0 saturated heterocycles. The lowest BCUT2D eigenvalue weighted by Crippen LogP contribution is -2.70. The number of hydrogen-bond acceptors (Lipinski definition) is 20. The van der Waals surface area contributed by atoms with Crippen LogP contribution in [-0.4, -0.2) is 299 Å². The van der Waals surface area contributed by atoms with Crippen molar-refractivity contribution in [2.24, 2.45) is 0 Å². The van der Waals surface area contributed by atoms with E-state index in [1.54, 1.807) is 0 Å². The number of aliphatic hydroxyl groups excluding tert-OH is 1. The topological polar surface area (TPSA) is 196 Å². The van der Waals surface area contributed by atoms with Crippen LogP contribution in [0, 0.1) is 0 Å². The summed E-state index contributed by atoms with van der Waals surface area (Å²) >= 11 is 0. The summed E-state index contributed by atoms with van der Waals surface area (Å²) in [5, 5.41) is 8.60. The van der Waals surface area contributed by atoms with E-state index in [1.165, 1.54) is 0 Å². The van der Waals surface area contributed by atoms with E-state index in [1.807, 2.05) is 0 Å². The summed E-state index contributed by atoms with van der Waals surface area (Å²) in [6.45, 7) is 10.5. The Balaban J connectivity index is 3.34. The molecule has 0 amide bonds. The SMILES string of the molecule is OCCOCCOCCOCCOCCOCCOCCOCCOCCOCCOCCOCCOCCOCCOCCOCCOCCOCCOCCOCCC(F)(F)C(F)(F)C(F)(F)C(F)(F)C(F)(F)C(F)(F)F. The first kappa shape index (κ1) is 77.3. The minimum atomic E-state index is -7.93. The van der Waals surface area contributed by atoms with Crippen molar-refractivity contribution in [2.75, 3.05) is 258 Å². The van der Waals surface area contributed by atoms with Gasteiger partial charge in [-0.3, -0.25) is 0 Å². The van der Waals surface area contributed by atoms with Crippen LogP contribution in [0.2, 0.25) is 0 Å². The predicted octanol–water partition coefficient (Wildman–Crippen LogP) is 4.42. The molecule has 0 saturated carbocycles. The van der Waals surface area contributed by atoms with Gasteiger partial charge in [0.05, 0.1) is 258 Å². The monoisotopic (exact) mass is 1200 g/mol. The number of rotatable bonds is 63. The molecule has 0 atom stereocenters. The Morgan fingerprint density at radius 2 is 0.316 bits per heavy atom. The Bertz CT molecular complexity index is 1330. The molecule has 476 valence electrons. The van der Waals surface area contributed by atoms with Crippen LogP contribution in [0.25, 0.3) is 0 Å². The van der Waals surface area contributed by atoms with Gasteiger partial charge in [-0.05, 0) is 0 Å². The maximum absolute atomic E-state index is 13.7. The Kier molecular flexibility index (Phi) is 48.6. The zero-order valence-electron chi connectivity index (χ0n) is 44.4. The van der Waals surface area contributed by atoms with Crippen molar-refractivity contribution in [2.45, 2.75) is 42.2 Å². The van der Waals surface area contributed by atoms with Crippen LogP contribution in [-0.2, 0) is 90.0 Å². The molecule has 0 aliphatic heterocycles. The summed E-state index contributed by atoms with van der Waals surface area (Å²) < 4.78 is 272. The third-order valence-electron chi connectivity index (χ3n) is 9.49. The summed E-state index contributed by atoms with van der Waals surface area (Å²) in [4.78, 5) is 0. The molecule has 0 bridgehead atoms. The van der Waals surface area contributed by atoms with Crippen molar-refractivity contribution in [1.29, 1.82) is 0 Å². The van der Waals surface area contributed by atoms with Gasteiger partial charge in [0.2, 0.25) is 0 Å². The van der Waals surface area contributed by atoms with Gasteiger partial charge in [0.1, 0.15) is 0 Å². The van der Waals surface area contributed by atoms with Crippen molar-refractivity contribution < 1.29 is 152 Å². The summed E-state index contributed by atoms with van der Waals surface area (Å²) in [6, 6.07) is 0. The van der Waals surface area contributed by atoms with Crippen molar-refractivity contribution >= 4 is 0 Å². The molecule has 0 radical (unpaired) electrons. The Labute approximate surface area is 451 Å².